The molecule has 0 spiro atoms. The zero-order chi connectivity index (χ0) is 38.2. The summed E-state index contributed by atoms with van der Waals surface area (Å²) in [6.45, 7) is 0. The van der Waals surface area contributed by atoms with Crippen LogP contribution in [0.15, 0.2) is 218 Å². The van der Waals surface area contributed by atoms with E-state index in [9.17, 15) is 17.6 Å². The minimum atomic E-state index is -0.877. The third-order valence-corrected chi connectivity index (χ3v) is 13.8. The van der Waals surface area contributed by atoms with E-state index in [-0.39, 0.29) is 35.9 Å². The summed E-state index contributed by atoms with van der Waals surface area (Å²) in [5, 5.41) is 12.3. The van der Waals surface area contributed by atoms with E-state index in [0.29, 0.717) is 12.1 Å². The van der Waals surface area contributed by atoms with Gasteiger partial charge in [0.2, 0.25) is 0 Å². The molecule has 8 aromatic rings. The summed E-state index contributed by atoms with van der Waals surface area (Å²) in [7, 11) is -1.75. The van der Waals surface area contributed by atoms with Crippen LogP contribution < -0.4 is 31.8 Å². The molecule has 289 valence electrons. The van der Waals surface area contributed by atoms with E-state index in [1.807, 2.05) is 0 Å². The van der Waals surface area contributed by atoms with Gasteiger partial charge in [0.25, 0.3) is 0 Å². The van der Waals surface area contributed by atoms with E-state index in [2.05, 4.69) is 187 Å². The Morgan fingerprint density at radius 3 is 0.632 bits per heavy atom. The smallest absolute Gasteiger partial charge is 0.658 e. The summed E-state index contributed by atoms with van der Waals surface area (Å²) in [5.74, 6) is -3.22. The molecule has 1 radical (unpaired) electrons. The molecule has 0 amide bonds. The molecular weight excluding hydrogens is 804 g/mol. The molecule has 0 bridgehead atoms. The van der Waals surface area contributed by atoms with Gasteiger partial charge >= 0.3 is 17.1 Å². The molecule has 8 heteroatoms. The van der Waals surface area contributed by atoms with Gasteiger partial charge in [-0.05, 0) is 97.1 Å². The number of hydrogen-bond donors (Lipinski definition) is 0. The van der Waals surface area contributed by atoms with E-state index in [4.69, 9.17) is 0 Å². The van der Waals surface area contributed by atoms with Crippen LogP contribution in [0.2, 0.25) is 0 Å². The van der Waals surface area contributed by atoms with Crippen LogP contribution in [0.25, 0.3) is 5.32 Å². The summed E-state index contributed by atoms with van der Waals surface area (Å²) in [5.41, 5.74) is -0.0972. The minimum absolute atomic E-state index is 0. The summed E-state index contributed by atoms with van der Waals surface area (Å²) in [6, 6.07) is 70.2. The Hall–Kier alpha value is -5.34. The predicted octanol–water partition coefficient (Wildman–Crippen LogP) is 11.4. The molecule has 0 aromatic heterocycles. The topological polar surface area (TPSA) is 14.1 Å². The van der Waals surface area contributed by atoms with Crippen molar-refractivity contribution in [2.24, 2.45) is 0 Å². The number of benzene rings is 8. The van der Waals surface area contributed by atoms with Crippen LogP contribution in [-0.4, -0.2) is 0 Å². The SMILES string of the molecule is Fc1cc(F)cc([N-]c2cc(F)cc(F)c2)c1.[CH3-].[Cu+2].c1ccc([PH+](c2ccccc2)c2ccccc2)cc1.c1ccc([PH+](c2ccccc2)c2ccccc2)cc1. The van der Waals surface area contributed by atoms with E-state index in [1.54, 1.807) is 0 Å². The Balaban J connectivity index is 0.000000187. The number of nitrogens with zero attached hydrogens (tertiary/aromatic N) is 1. The van der Waals surface area contributed by atoms with Crippen molar-refractivity contribution < 1.29 is 34.6 Å². The standard InChI is InChI=1S/2C18H15P.C12H6F4N.CH3.Cu/c2*1-4-10-16(11-5-1)19(17-12-6-2-7-13-17)18-14-8-3-9-15-18;13-7-1-8(14)4-11(3-7)17-12-5-9(15)2-10(16)6-12;;/h2*1-15H;1-6H;1H3;/q;;2*-1;+2/p+2. The maximum Gasteiger partial charge on any atom is 2.00 e. The number of hydrogen-bond acceptors (Lipinski definition) is 0. The summed E-state index contributed by atoms with van der Waals surface area (Å²) >= 11 is 0. The molecule has 0 fully saturated rings. The molecule has 57 heavy (non-hydrogen) atoms. The molecule has 1 nitrogen and oxygen atoms in total. The molecule has 0 heterocycles. The Morgan fingerprint density at radius 2 is 0.456 bits per heavy atom. The molecule has 0 aliphatic rings. The van der Waals surface area contributed by atoms with Crippen molar-refractivity contribution in [1.82, 2.24) is 0 Å². The second kappa shape index (κ2) is 23.0. The van der Waals surface area contributed by atoms with E-state index >= 15 is 0 Å². The van der Waals surface area contributed by atoms with Crippen LogP contribution in [0.3, 0.4) is 0 Å². The zero-order valence-corrected chi connectivity index (χ0v) is 34.0. The fourth-order valence-corrected chi connectivity index (χ4v) is 11.1. The first kappa shape index (κ1) is 44.4. The minimum Gasteiger partial charge on any atom is -0.658 e. The summed E-state index contributed by atoms with van der Waals surface area (Å²) in [6.07, 6.45) is 0. The molecule has 8 aromatic carbocycles. The molecule has 8 rings (SSSR count). The average molecular weight is 845 g/mol. The van der Waals surface area contributed by atoms with Crippen molar-refractivity contribution in [3.05, 3.63) is 254 Å². The Labute approximate surface area is 346 Å². The first-order valence-electron chi connectivity index (χ1n) is 17.6. The van der Waals surface area contributed by atoms with Crippen LogP contribution in [0.4, 0.5) is 28.9 Å². The van der Waals surface area contributed by atoms with Crippen LogP contribution >= 0.6 is 15.8 Å². The van der Waals surface area contributed by atoms with Gasteiger partial charge in [0.15, 0.2) is 0 Å². The van der Waals surface area contributed by atoms with E-state index in [1.165, 1.54) is 31.8 Å². The molecule has 0 aliphatic carbocycles. The molecule has 0 unspecified atom stereocenters. The first-order chi connectivity index (χ1) is 26.9. The first-order valence-corrected chi connectivity index (χ1v) is 20.6. The van der Waals surface area contributed by atoms with E-state index in [0.717, 1.165) is 24.3 Å². The molecule has 0 aliphatic heterocycles. The third kappa shape index (κ3) is 13.4. The summed E-state index contributed by atoms with van der Waals surface area (Å²) < 4.78 is 51.4. The summed E-state index contributed by atoms with van der Waals surface area (Å²) in [4.78, 5) is 0. The van der Waals surface area contributed by atoms with Crippen molar-refractivity contribution in [1.29, 1.82) is 0 Å². The quantitative estimate of drug-likeness (QED) is 0.0626. The van der Waals surface area contributed by atoms with Gasteiger partial charge in [-0.25, -0.2) is 17.6 Å². The second-order valence-corrected chi connectivity index (χ2v) is 17.3. The van der Waals surface area contributed by atoms with Crippen molar-refractivity contribution in [2.45, 2.75) is 0 Å². The van der Waals surface area contributed by atoms with E-state index < -0.39 is 39.1 Å². The molecule has 0 saturated heterocycles. The normalized spacial score (nSPS) is 10.1. The Kier molecular flexibility index (Phi) is 17.9. The van der Waals surface area contributed by atoms with Gasteiger partial charge in [0.05, 0.1) is 15.8 Å². The van der Waals surface area contributed by atoms with Gasteiger partial charge in [-0.1, -0.05) is 109 Å². The number of halogens is 4. The van der Waals surface area contributed by atoms with Gasteiger partial charge in [0, 0.05) is 12.1 Å². The molecule has 0 atom stereocenters. The molecule has 0 saturated carbocycles. The van der Waals surface area contributed by atoms with Gasteiger partial charge in [0.1, 0.15) is 55.1 Å². The largest absolute Gasteiger partial charge is 2.00 e. The van der Waals surface area contributed by atoms with Crippen molar-refractivity contribution in [3.63, 3.8) is 0 Å². The average Bonchev–Trinajstić information content (AvgIpc) is 3.20. The van der Waals surface area contributed by atoms with Gasteiger partial charge < -0.3 is 12.7 Å². The van der Waals surface area contributed by atoms with Crippen molar-refractivity contribution in [3.8, 4) is 0 Å². The second-order valence-electron chi connectivity index (χ2n) is 12.3. The monoisotopic (exact) mass is 844 g/mol. The van der Waals surface area contributed by atoms with Crippen molar-refractivity contribution in [2.75, 3.05) is 0 Å². The Morgan fingerprint density at radius 1 is 0.281 bits per heavy atom. The number of rotatable bonds is 8. The maximum atomic E-state index is 12.8. The van der Waals surface area contributed by atoms with Crippen LogP contribution in [0, 0.1) is 30.7 Å². The van der Waals surface area contributed by atoms with Gasteiger partial charge in [-0.15, -0.1) is 11.4 Å². The van der Waals surface area contributed by atoms with Crippen LogP contribution in [-0.2, 0) is 17.1 Å². The fraction of sp³-hybridized carbons (Fsp3) is 0. The van der Waals surface area contributed by atoms with Crippen LogP contribution in [0.5, 0.6) is 0 Å². The van der Waals surface area contributed by atoms with Crippen molar-refractivity contribution >= 4 is 59.0 Å². The predicted molar refractivity (Wildman–Crippen MR) is 235 cm³/mol. The van der Waals surface area contributed by atoms with Gasteiger partial charge in [-0.2, -0.15) is 0 Å². The maximum absolute atomic E-state index is 12.8. The molecule has 0 N–H and O–H groups in total. The van der Waals surface area contributed by atoms with Crippen LogP contribution in [0.1, 0.15) is 0 Å². The van der Waals surface area contributed by atoms with Gasteiger partial charge in [-0.3, -0.25) is 0 Å². The molecular formula is C49H41CuF4NP2+2. The Bertz CT molecular complexity index is 1950. The fourth-order valence-electron chi connectivity index (χ4n) is 5.99. The third-order valence-electron chi connectivity index (χ3n) is 8.33. The zero-order valence-electron chi connectivity index (χ0n) is 31.0.